The van der Waals surface area contributed by atoms with E-state index in [4.69, 9.17) is 11.6 Å². The lowest BCUT2D eigenvalue weighted by Crippen LogP contribution is -2.50. The first-order chi connectivity index (χ1) is 15.2. The number of benzene rings is 2. The summed E-state index contributed by atoms with van der Waals surface area (Å²) in [6.07, 6.45) is -3.91. The van der Waals surface area contributed by atoms with Gasteiger partial charge in [0.2, 0.25) is 21.8 Å². The zero-order valence-electron chi connectivity index (χ0n) is 18.1. The monoisotopic (exact) mass is 505 g/mol. The van der Waals surface area contributed by atoms with Crippen LogP contribution in [0.2, 0.25) is 5.02 Å². The summed E-state index contributed by atoms with van der Waals surface area (Å²) in [4.78, 5) is 26.6. The molecule has 2 amide bonds. The van der Waals surface area contributed by atoms with Crippen molar-refractivity contribution in [2.75, 3.05) is 24.2 Å². The number of nitrogens with one attached hydrogen (secondary N) is 1. The Morgan fingerprint density at radius 2 is 1.73 bits per heavy atom. The third-order valence-corrected chi connectivity index (χ3v) is 6.21. The number of alkyl halides is 3. The molecule has 12 heteroatoms. The first kappa shape index (κ1) is 26.5. The van der Waals surface area contributed by atoms with Crippen molar-refractivity contribution in [2.24, 2.45) is 0 Å². The van der Waals surface area contributed by atoms with Crippen molar-refractivity contribution in [3.63, 3.8) is 0 Å². The zero-order valence-corrected chi connectivity index (χ0v) is 19.6. The van der Waals surface area contributed by atoms with Gasteiger partial charge >= 0.3 is 6.18 Å². The van der Waals surface area contributed by atoms with Gasteiger partial charge in [0.05, 0.1) is 17.5 Å². The molecular formula is C21H23ClF3N3O4S. The molecule has 0 saturated carbocycles. The van der Waals surface area contributed by atoms with E-state index in [2.05, 4.69) is 5.32 Å². The molecule has 0 aliphatic rings. The van der Waals surface area contributed by atoms with Crippen molar-refractivity contribution in [1.82, 2.24) is 10.2 Å². The van der Waals surface area contributed by atoms with Gasteiger partial charge in [-0.15, -0.1) is 0 Å². The van der Waals surface area contributed by atoms with Gasteiger partial charge in [-0.1, -0.05) is 29.8 Å². The molecule has 0 unspecified atom stereocenters. The van der Waals surface area contributed by atoms with Crippen LogP contribution in [0.3, 0.4) is 0 Å². The molecule has 0 aliphatic carbocycles. The summed E-state index contributed by atoms with van der Waals surface area (Å²) in [5.41, 5.74) is -0.758. The lowest BCUT2D eigenvalue weighted by Gasteiger charge is -2.31. The van der Waals surface area contributed by atoms with Crippen molar-refractivity contribution in [3.8, 4) is 0 Å². The van der Waals surface area contributed by atoms with Crippen molar-refractivity contribution in [2.45, 2.75) is 25.7 Å². The third kappa shape index (κ3) is 7.10. The maximum atomic E-state index is 13.2. The number of rotatable bonds is 8. The minimum Gasteiger partial charge on any atom is -0.357 e. The molecule has 2 aromatic carbocycles. The molecule has 2 aromatic rings. The predicted octanol–water partition coefficient (Wildman–Crippen LogP) is 3.29. The Balaban J connectivity index is 2.42. The fraction of sp³-hybridized carbons (Fsp3) is 0.333. The van der Waals surface area contributed by atoms with E-state index < -0.39 is 46.2 Å². The molecule has 0 radical (unpaired) electrons. The number of carbonyl (C=O) groups excluding carboxylic acids is 2. The Morgan fingerprint density at radius 1 is 1.12 bits per heavy atom. The molecule has 0 saturated heterocycles. The van der Waals surface area contributed by atoms with Crippen molar-refractivity contribution < 1.29 is 31.2 Å². The first-order valence-electron chi connectivity index (χ1n) is 9.64. The second kappa shape index (κ2) is 10.4. The lowest BCUT2D eigenvalue weighted by molar-refractivity contribution is -0.139. The Labute approximate surface area is 195 Å². The van der Waals surface area contributed by atoms with Crippen LogP contribution in [0.4, 0.5) is 18.9 Å². The van der Waals surface area contributed by atoms with Crippen LogP contribution in [0.5, 0.6) is 0 Å². The van der Waals surface area contributed by atoms with Crippen LogP contribution >= 0.6 is 11.6 Å². The summed E-state index contributed by atoms with van der Waals surface area (Å²) < 4.78 is 64.7. The van der Waals surface area contributed by atoms with Crippen molar-refractivity contribution >= 4 is 39.1 Å². The molecule has 180 valence electrons. The number of nitrogens with zero attached hydrogens (tertiary/aromatic N) is 2. The minimum absolute atomic E-state index is 0.0508. The van der Waals surface area contributed by atoms with Gasteiger partial charge in [-0.05, 0) is 42.8 Å². The summed E-state index contributed by atoms with van der Waals surface area (Å²) in [6, 6.07) is 9.15. The van der Waals surface area contributed by atoms with Gasteiger partial charge in [0.15, 0.2) is 0 Å². The highest BCUT2D eigenvalue weighted by molar-refractivity contribution is 7.92. The van der Waals surface area contributed by atoms with E-state index in [-0.39, 0.29) is 12.2 Å². The highest BCUT2D eigenvalue weighted by atomic mass is 35.5. The van der Waals surface area contributed by atoms with E-state index in [0.29, 0.717) is 21.0 Å². The van der Waals surface area contributed by atoms with Crippen LogP contribution in [0.25, 0.3) is 0 Å². The van der Waals surface area contributed by atoms with Crippen molar-refractivity contribution in [3.05, 3.63) is 64.7 Å². The van der Waals surface area contributed by atoms with E-state index in [9.17, 15) is 31.2 Å². The lowest BCUT2D eigenvalue weighted by atomic mass is 10.1. The number of hydrogen-bond donors (Lipinski definition) is 1. The summed E-state index contributed by atoms with van der Waals surface area (Å²) >= 11 is 5.88. The van der Waals surface area contributed by atoms with E-state index in [1.54, 1.807) is 24.3 Å². The Bertz CT molecular complexity index is 1110. The third-order valence-electron chi connectivity index (χ3n) is 4.82. The van der Waals surface area contributed by atoms with Crippen LogP contribution < -0.4 is 9.62 Å². The highest BCUT2D eigenvalue weighted by Gasteiger charge is 2.33. The number of hydrogen-bond acceptors (Lipinski definition) is 4. The SMILES string of the molecule is CNC(=O)[C@H](C)N(Cc1ccc(Cl)cc1)C(=O)CN(c1cccc(C(F)(F)F)c1)S(C)(=O)=O. The molecule has 0 heterocycles. The Hall–Kier alpha value is -2.79. The van der Waals surface area contributed by atoms with Crippen LogP contribution in [-0.4, -0.2) is 51.0 Å². The second-order valence-electron chi connectivity index (χ2n) is 7.26. The Kier molecular flexibility index (Phi) is 8.36. The number of halogens is 4. The van der Waals surface area contributed by atoms with Crippen LogP contribution in [0.1, 0.15) is 18.1 Å². The molecule has 0 fully saturated rings. The molecule has 0 aromatic heterocycles. The number of amides is 2. The molecule has 0 aliphatic heterocycles. The number of likely N-dealkylation sites (N-methyl/N-ethyl adjacent to an activating group) is 1. The number of anilines is 1. The fourth-order valence-electron chi connectivity index (χ4n) is 3.03. The van der Waals surface area contributed by atoms with Crippen LogP contribution in [0, 0.1) is 0 Å². The normalized spacial score (nSPS) is 12.7. The van der Waals surface area contributed by atoms with E-state index in [1.165, 1.54) is 14.0 Å². The molecule has 1 N–H and O–H groups in total. The van der Waals surface area contributed by atoms with Gasteiger partial charge in [-0.25, -0.2) is 8.42 Å². The maximum Gasteiger partial charge on any atom is 0.416 e. The molecule has 33 heavy (non-hydrogen) atoms. The topological polar surface area (TPSA) is 86.8 Å². The van der Waals surface area contributed by atoms with Crippen molar-refractivity contribution in [1.29, 1.82) is 0 Å². The van der Waals surface area contributed by atoms with Gasteiger partial charge in [-0.3, -0.25) is 13.9 Å². The van der Waals surface area contributed by atoms with E-state index in [0.717, 1.165) is 29.4 Å². The zero-order chi connectivity index (χ0) is 25.0. The maximum absolute atomic E-state index is 13.2. The fourth-order valence-corrected chi connectivity index (χ4v) is 4.00. The second-order valence-corrected chi connectivity index (χ2v) is 9.60. The quantitative estimate of drug-likeness (QED) is 0.596. The highest BCUT2D eigenvalue weighted by Crippen LogP contribution is 2.32. The Morgan fingerprint density at radius 3 is 2.24 bits per heavy atom. The molecule has 0 spiro atoms. The summed E-state index contributed by atoms with van der Waals surface area (Å²) in [7, 11) is -2.75. The predicted molar refractivity (Wildman–Crippen MR) is 119 cm³/mol. The minimum atomic E-state index is -4.70. The van der Waals surface area contributed by atoms with Crippen LogP contribution in [0.15, 0.2) is 48.5 Å². The van der Waals surface area contributed by atoms with Gasteiger partial charge in [0.25, 0.3) is 0 Å². The molecule has 7 nitrogen and oxygen atoms in total. The van der Waals surface area contributed by atoms with Gasteiger partial charge in [-0.2, -0.15) is 13.2 Å². The molecule has 0 bridgehead atoms. The van der Waals surface area contributed by atoms with E-state index in [1.807, 2.05) is 0 Å². The summed E-state index contributed by atoms with van der Waals surface area (Å²) in [5, 5.41) is 2.89. The smallest absolute Gasteiger partial charge is 0.357 e. The van der Waals surface area contributed by atoms with Gasteiger partial charge < -0.3 is 10.2 Å². The number of carbonyl (C=O) groups is 2. The van der Waals surface area contributed by atoms with Gasteiger partial charge in [0.1, 0.15) is 12.6 Å². The average molecular weight is 506 g/mol. The summed E-state index contributed by atoms with van der Waals surface area (Å²) in [5.74, 6) is -1.27. The van der Waals surface area contributed by atoms with Crippen LogP contribution in [-0.2, 0) is 32.3 Å². The molecule has 2 rings (SSSR count). The van der Waals surface area contributed by atoms with E-state index >= 15 is 0 Å². The largest absolute Gasteiger partial charge is 0.416 e. The summed E-state index contributed by atoms with van der Waals surface area (Å²) in [6.45, 7) is 0.613. The standard InChI is InChI=1S/C21H23ClF3N3O4S/c1-14(20(30)26-2)27(12-15-7-9-17(22)10-8-15)19(29)13-28(33(3,31)32)18-6-4-5-16(11-18)21(23,24)25/h4-11,14H,12-13H2,1-3H3,(H,26,30)/t14-/m0/s1. The average Bonchev–Trinajstić information content (AvgIpc) is 2.74. The first-order valence-corrected chi connectivity index (χ1v) is 11.9. The van der Waals surface area contributed by atoms with Gasteiger partial charge in [0, 0.05) is 18.6 Å². The number of sulfonamides is 1. The molecule has 1 atom stereocenters. The molecular weight excluding hydrogens is 483 g/mol.